The number of amides is 1. The Kier molecular flexibility index (Phi) is 5.77. The molecule has 4 nitrogen and oxygen atoms in total. The van der Waals surface area contributed by atoms with Crippen LogP contribution in [0.3, 0.4) is 0 Å². The molecule has 0 saturated heterocycles. The van der Waals surface area contributed by atoms with Crippen LogP contribution in [0.5, 0.6) is 0 Å². The maximum Gasteiger partial charge on any atom is 0.242 e. The Morgan fingerprint density at radius 1 is 0.966 bits per heavy atom. The number of hydrogen-bond acceptors (Lipinski definition) is 3. The minimum absolute atomic E-state index is 0.0776. The molecule has 1 amide bonds. The van der Waals surface area contributed by atoms with E-state index in [1.54, 1.807) is 6.20 Å². The van der Waals surface area contributed by atoms with Crippen LogP contribution < -0.4 is 5.32 Å². The molecule has 3 aromatic carbocycles. The maximum atomic E-state index is 13.2. The minimum Gasteiger partial charge on any atom is -0.325 e. The van der Waals surface area contributed by atoms with E-state index in [4.69, 9.17) is 0 Å². The molecule has 1 atom stereocenters. The minimum atomic E-state index is -0.428. The predicted molar refractivity (Wildman–Crippen MR) is 118 cm³/mol. The van der Waals surface area contributed by atoms with Gasteiger partial charge in [0.1, 0.15) is 5.25 Å². The Bertz CT molecular complexity index is 1090. The lowest BCUT2D eigenvalue weighted by Gasteiger charge is -2.17. The Labute approximate surface area is 174 Å². The van der Waals surface area contributed by atoms with Crippen LogP contribution in [-0.4, -0.2) is 15.5 Å². The number of benzene rings is 3. The third kappa shape index (κ3) is 4.58. The summed E-state index contributed by atoms with van der Waals surface area (Å²) in [6, 6.07) is 27.6. The van der Waals surface area contributed by atoms with Gasteiger partial charge in [-0.05, 0) is 42.3 Å². The van der Waals surface area contributed by atoms with Crippen LogP contribution in [0.25, 0.3) is 5.69 Å². The number of aromatic nitrogens is 2. The summed E-state index contributed by atoms with van der Waals surface area (Å²) in [5.74, 6) is -0.0776. The fourth-order valence-electron chi connectivity index (χ4n) is 3.09. The standard InChI is InChI=1S/C24H21N3OS/c1-18-9-8-14-21(17-18)27-16-15-25-24(27)29-22(19-10-4-2-5-11-19)23(28)26-20-12-6-3-7-13-20/h2-17,22H,1H3,(H,26,28). The van der Waals surface area contributed by atoms with E-state index in [2.05, 4.69) is 29.4 Å². The molecule has 0 radical (unpaired) electrons. The van der Waals surface area contributed by atoms with Gasteiger partial charge in [-0.1, -0.05) is 72.4 Å². The van der Waals surface area contributed by atoms with E-state index >= 15 is 0 Å². The first-order chi connectivity index (χ1) is 14.2. The molecule has 0 saturated carbocycles. The Hall–Kier alpha value is -3.31. The smallest absolute Gasteiger partial charge is 0.242 e. The molecule has 0 aliphatic heterocycles. The molecule has 0 spiro atoms. The second-order valence-electron chi connectivity index (χ2n) is 6.68. The van der Waals surface area contributed by atoms with Gasteiger partial charge in [-0.15, -0.1) is 0 Å². The van der Waals surface area contributed by atoms with Crippen LogP contribution in [-0.2, 0) is 4.79 Å². The maximum absolute atomic E-state index is 13.2. The van der Waals surface area contributed by atoms with Gasteiger partial charge in [-0.25, -0.2) is 4.98 Å². The van der Waals surface area contributed by atoms with E-state index < -0.39 is 5.25 Å². The van der Waals surface area contributed by atoms with Gasteiger partial charge in [0.2, 0.25) is 5.91 Å². The van der Waals surface area contributed by atoms with Crippen LogP contribution in [0, 0.1) is 6.92 Å². The van der Waals surface area contributed by atoms with Crippen molar-refractivity contribution < 1.29 is 4.79 Å². The summed E-state index contributed by atoms with van der Waals surface area (Å²) >= 11 is 1.44. The zero-order valence-electron chi connectivity index (χ0n) is 16.0. The molecule has 0 fully saturated rings. The van der Waals surface area contributed by atoms with Crippen molar-refractivity contribution in [2.24, 2.45) is 0 Å². The number of imidazole rings is 1. The summed E-state index contributed by atoms with van der Waals surface area (Å²) < 4.78 is 2.02. The highest BCUT2D eigenvalue weighted by Crippen LogP contribution is 2.36. The van der Waals surface area contributed by atoms with Gasteiger partial charge in [0.25, 0.3) is 0 Å². The number of carbonyl (C=O) groups is 1. The van der Waals surface area contributed by atoms with Gasteiger partial charge in [0.15, 0.2) is 5.16 Å². The van der Waals surface area contributed by atoms with Crippen molar-refractivity contribution in [2.45, 2.75) is 17.3 Å². The van der Waals surface area contributed by atoms with Gasteiger partial charge in [0.05, 0.1) is 0 Å². The topological polar surface area (TPSA) is 46.9 Å². The van der Waals surface area contributed by atoms with Gasteiger partial charge < -0.3 is 5.32 Å². The number of hydrogen-bond donors (Lipinski definition) is 1. The summed E-state index contributed by atoms with van der Waals surface area (Å²) in [5, 5.41) is 3.37. The van der Waals surface area contributed by atoms with Gasteiger partial charge in [0, 0.05) is 23.8 Å². The normalized spacial score (nSPS) is 11.8. The van der Waals surface area contributed by atoms with Crippen molar-refractivity contribution in [3.8, 4) is 5.69 Å². The fraction of sp³-hybridized carbons (Fsp3) is 0.0833. The third-order valence-electron chi connectivity index (χ3n) is 4.49. The van der Waals surface area contributed by atoms with E-state index in [1.807, 2.05) is 83.6 Å². The summed E-state index contributed by atoms with van der Waals surface area (Å²) in [7, 11) is 0. The number of nitrogens with one attached hydrogen (secondary N) is 1. The third-order valence-corrected chi connectivity index (χ3v) is 5.73. The second-order valence-corrected chi connectivity index (χ2v) is 7.75. The van der Waals surface area contributed by atoms with Crippen molar-refractivity contribution in [3.63, 3.8) is 0 Å². The van der Waals surface area contributed by atoms with Crippen molar-refractivity contribution in [1.29, 1.82) is 0 Å². The first-order valence-electron chi connectivity index (χ1n) is 9.38. The van der Waals surface area contributed by atoms with Crippen LogP contribution >= 0.6 is 11.8 Å². The molecule has 0 aliphatic rings. The zero-order chi connectivity index (χ0) is 20.1. The van der Waals surface area contributed by atoms with Crippen LogP contribution in [0.1, 0.15) is 16.4 Å². The predicted octanol–water partition coefficient (Wildman–Crippen LogP) is 5.65. The van der Waals surface area contributed by atoms with E-state index in [0.717, 1.165) is 22.1 Å². The van der Waals surface area contributed by atoms with E-state index in [0.29, 0.717) is 0 Å². The molecular formula is C24H21N3OS. The first kappa shape index (κ1) is 19.0. The van der Waals surface area contributed by atoms with Crippen LogP contribution in [0.2, 0.25) is 0 Å². The number of para-hydroxylation sites is 1. The molecule has 29 heavy (non-hydrogen) atoms. The van der Waals surface area contributed by atoms with Crippen LogP contribution in [0.15, 0.2) is 102 Å². The van der Waals surface area contributed by atoms with E-state index in [9.17, 15) is 4.79 Å². The molecule has 1 aromatic heterocycles. The van der Waals surface area contributed by atoms with Crippen molar-refractivity contribution in [1.82, 2.24) is 9.55 Å². The molecule has 1 unspecified atom stereocenters. The molecule has 4 aromatic rings. The average Bonchev–Trinajstić information content (AvgIpc) is 3.22. The fourth-order valence-corrected chi connectivity index (χ4v) is 4.16. The highest BCUT2D eigenvalue weighted by atomic mass is 32.2. The number of anilines is 1. The number of aryl methyl sites for hydroxylation is 1. The molecule has 5 heteroatoms. The van der Waals surface area contributed by atoms with Crippen molar-refractivity contribution in [3.05, 3.63) is 108 Å². The molecule has 0 bridgehead atoms. The quantitative estimate of drug-likeness (QED) is 0.426. The highest BCUT2D eigenvalue weighted by molar-refractivity contribution is 8.00. The molecule has 144 valence electrons. The highest BCUT2D eigenvalue weighted by Gasteiger charge is 2.24. The Morgan fingerprint density at radius 3 is 2.41 bits per heavy atom. The van der Waals surface area contributed by atoms with Gasteiger partial charge in [-0.3, -0.25) is 9.36 Å². The monoisotopic (exact) mass is 399 g/mol. The summed E-state index contributed by atoms with van der Waals surface area (Å²) in [6.45, 7) is 2.06. The molecule has 1 N–H and O–H groups in total. The molecular weight excluding hydrogens is 378 g/mol. The van der Waals surface area contributed by atoms with Crippen molar-refractivity contribution in [2.75, 3.05) is 5.32 Å². The lowest BCUT2D eigenvalue weighted by Crippen LogP contribution is -2.19. The molecule has 4 rings (SSSR count). The Balaban J connectivity index is 1.65. The summed E-state index contributed by atoms with van der Waals surface area (Å²) in [4.78, 5) is 17.7. The van der Waals surface area contributed by atoms with Crippen LogP contribution in [0.4, 0.5) is 5.69 Å². The lowest BCUT2D eigenvalue weighted by molar-refractivity contribution is -0.115. The number of nitrogens with zero attached hydrogens (tertiary/aromatic N) is 2. The van der Waals surface area contributed by atoms with Gasteiger partial charge in [-0.2, -0.15) is 0 Å². The van der Waals surface area contributed by atoms with E-state index in [1.165, 1.54) is 17.3 Å². The van der Waals surface area contributed by atoms with Gasteiger partial charge >= 0.3 is 0 Å². The molecule has 1 heterocycles. The largest absolute Gasteiger partial charge is 0.325 e. The summed E-state index contributed by atoms with van der Waals surface area (Å²) in [6.07, 6.45) is 3.69. The lowest BCUT2D eigenvalue weighted by atomic mass is 10.1. The number of rotatable bonds is 6. The molecule has 0 aliphatic carbocycles. The number of thioether (sulfide) groups is 1. The second kappa shape index (κ2) is 8.80. The first-order valence-corrected chi connectivity index (χ1v) is 10.3. The Morgan fingerprint density at radius 2 is 1.69 bits per heavy atom. The average molecular weight is 400 g/mol. The zero-order valence-corrected chi connectivity index (χ0v) is 16.8. The SMILES string of the molecule is Cc1cccc(-n2ccnc2SC(C(=O)Nc2ccccc2)c2ccccc2)c1. The summed E-state index contributed by atoms with van der Waals surface area (Å²) in [5.41, 5.74) is 3.92. The number of carbonyl (C=O) groups excluding carboxylic acids is 1. The van der Waals surface area contributed by atoms with E-state index in [-0.39, 0.29) is 5.91 Å². The van der Waals surface area contributed by atoms with Crippen molar-refractivity contribution >= 4 is 23.4 Å².